The molecule has 14 heavy (non-hydrogen) atoms. The number of ether oxygens (including phenoxy) is 1. The number of hydrogen-bond acceptors (Lipinski definition) is 2. The van der Waals surface area contributed by atoms with E-state index in [0.717, 1.165) is 0 Å². The average molecular weight is 218 g/mol. The Hall–Kier alpha value is -1.29. The van der Waals surface area contributed by atoms with E-state index in [1.54, 1.807) is 12.1 Å². The molecule has 3 nitrogen and oxygen atoms in total. The van der Waals surface area contributed by atoms with Crippen LogP contribution >= 0.6 is 11.6 Å². The highest BCUT2D eigenvalue weighted by Gasteiger charge is 2.10. The van der Waals surface area contributed by atoms with Crippen molar-refractivity contribution in [2.24, 2.45) is 0 Å². The Kier molecular flexibility index (Phi) is 4.19. The quantitative estimate of drug-likeness (QED) is 0.618. The summed E-state index contributed by atoms with van der Waals surface area (Å²) in [4.78, 5) is 11.3. The largest absolute Gasteiger partial charge is 0.462 e. The van der Waals surface area contributed by atoms with Gasteiger partial charge < -0.3 is 10.1 Å². The molecule has 0 saturated carbocycles. The normalized spacial score (nSPS) is 9.57. The van der Waals surface area contributed by atoms with Crippen LogP contribution in [-0.2, 0) is 0 Å². The van der Waals surface area contributed by atoms with Gasteiger partial charge >= 0.3 is 0 Å². The molecule has 1 aromatic rings. The van der Waals surface area contributed by atoms with Crippen molar-refractivity contribution in [3.05, 3.63) is 29.8 Å². The molecule has 0 saturated heterocycles. The fourth-order valence-electron chi connectivity index (χ4n) is 0.995. The third-order valence-corrected chi connectivity index (χ3v) is 1.70. The zero-order chi connectivity index (χ0) is 10.4. The summed E-state index contributed by atoms with van der Waals surface area (Å²) in [6, 6.07) is 6.37. The van der Waals surface area contributed by atoms with E-state index in [1.807, 2.05) is 0 Å². The van der Waals surface area contributed by atoms with Crippen LogP contribution in [0.15, 0.2) is 24.3 Å². The van der Waals surface area contributed by atoms with Crippen molar-refractivity contribution in [3.63, 3.8) is 0 Å². The molecule has 5 heteroatoms. The Labute approximate surface area is 85.8 Å². The molecule has 0 atom stereocenters. The number of para-hydroxylation sites is 1. The number of amides is 1. The number of halogens is 2. The standard InChI is InChI=1S/C9H9ClFNO2/c10-5-12-9(13)7-3-1-2-4-8(7)14-6-11/h1-4H,5-6H2,(H,12,13). The summed E-state index contributed by atoms with van der Waals surface area (Å²) in [7, 11) is 0. The Bertz CT molecular complexity index is 319. The number of carbonyl (C=O) groups excluding carboxylic acids is 1. The molecule has 0 aromatic heterocycles. The maximum absolute atomic E-state index is 11.9. The van der Waals surface area contributed by atoms with Gasteiger partial charge in [0.25, 0.3) is 5.91 Å². The van der Waals surface area contributed by atoms with E-state index in [4.69, 9.17) is 11.6 Å². The van der Waals surface area contributed by atoms with Gasteiger partial charge in [-0.05, 0) is 12.1 Å². The fourth-order valence-corrected chi connectivity index (χ4v) is 1.12. The molecule has 0 aliphatic rings. The molecule has 1 aromatic carbocycles. The molecule has 0 radical (unpaired) electrons. The lowest BCUT2D eigenvalue weighted by molar-refractivity contribution is 0.0953. The minimum Gasteiger partial charge on any atom is -0.462 e. The van der Waals surface area contributed by atoms with Gasteiger partial charge in [-0.15, -0.1) is 11.6 Å². The van der Waals surface area contributed by atoms with Crippen molar-refractivity contribution in [1.82, 2.24) is 5.32 Å². The summed E-state index contributed by atoms with van der Waals surface area (Å²) >= 11 is 5.33. The maximum Gasteiger partial charge on any atom is 0.255 e. The molecule has 76 valence electrons. The van der Waals surface area contributed by atoms with Crippen molar-refractivity contribution in [1.29, 1.82) is 0 Å². The molecule has 0 spiro atoms. The van der Waals surface area contributed by atoms with Gasteiger partial charge in [0.15, 0.2) is 0 Å². The monoisotopic (exact) mass is 217 g/mol. The number of rotatable bonds is 4. The van der Waals surface area contributed by atoms with E-state index >= 15 is 0 Å². The van der Waals surface area contributed by atoms with Crippen molar-refractivity contribution in [2.45, 2.75) is 0 Å². The molecule has 0 unspecified atom stereocenters. The van der Waals surface area contributed by atoms with Gasteiger partial charge in [-0.3, -0.25) is 4.79 Å². The molecule has 1 N–H and O–H groups in total. The number of carbonyl (C=O) groups is 1. The fraction of sp³-hybridized carbons (Fsp3) is 0.222. The zero-order valence-corrected chi connectivity index (χ0v) is 8.05. The lowest BCUT2D eigenvalue weighted by Crippen LogP contribution is -2.22. The second-order valence-electron chi connectivity index (χ2n) is 2.39. The van der Waals surface area contributed by atoms with Crippen LogP contribution in [0.25, 0.3) is 0 Å². The summed E-state index contributed by atoms with van der Waals surface area (Å²) in [5, 5.41) is 2.38. The lowest BCUT2D eigenvalue weighted by Gasteiger charge is -2.07. The van der Waals surface area contributed by atoms with E-state index in [1.165, 1.54) is 12.1 Å². The highest BCUT2D eigenvalue weighted by molar-refractivity contribution is 6.19. The van der Waals surface area contributed by atoms with Gasteiger partial charge in [0.2, 0.25) is 6.86 Å². The minimum atomic E-state index is -0.967. The Morgan fingerprint density at radius 1 is 1.50 bits per heavy atom. The first-order valence-electron chi connectivity index (χ1n) is 3.91. The van der Waals surface area contributed by atoms with Crippen LogP contribution in [0, 0.1) is 0 Å². The van der Waals surface area contributed by atoms with Gasteiger partial charge in [0.1, 0.15) is 5.75 Å². The predicted molar refractivity (Wildman–Crippen MR) is 51.2 cm³/mol. The number of benzene rings is 1. The first-order chi connectivity index (χ1) is 6.79. The third-order valence-electron chi connectivity index (χ3n) is 1.57. The molecular weight excluding hydrogens is 209 g/mol. The Morgan fingerprint density at radius 2 is 2.21 bits per heavy atom. The van der Waals surface area contributed by atoms with Gasteiger partial charge in [-0.25, -0.2) is 4.39 Å². The van der Waals surface area contributed by atoms with Crippen LogP contribution in [0.3, 0.4) is 0 Å². The van der Waals surface area contributed by atoms with Crippen LogP contribution in [0.1, 0.15) is 10.4 Å². The van der Waals surface area contributed by atoms with E-state index < -0.39 is 6.86 Å². The first-order valence-corrected chi connectivity index (χ1v) is 4.45. The third kappa shape index (κ3) is 2.60. The average Bonchev–Trinajstić information content (AvgIpc) is 2.19. The first kappa shape index (κ1) is 10.8. The van der Waals surface area contributed by atoms with E-state index in [2.05, 4.69) is 10.1 Å². The van der Waals surface area contributed by atoms with E-state index in [0.29, 0.717) is 0 Å². The summed E-state index contributed by atoms with van der Waals surface area (Å²) in [5.74, 6) is -0.179. The number of nitrogens with one attached hydrogen (secondary N) is 1. The molecule has 0 heterocycles. The van der Waals surface area contributed by atoms with Gasteiger partial charge in [-0.2, -0.15) is 0 Å². The smallest absolute Gasteiger partial charge is 0.255 e. The Balaban J connectivity index is 2.88. The summed E-state index contributed by atoms with van der Waals surface area (Å²) in [6.07, 6.45) is 0. The molecule has 0 bridgehead atoms. The molecule has 1 rings (SSSR count). The van der Waals surface area contributed by atoms with Gasteiger partial charge in [0, 0.05) is 0 Å². The summed E-state index contributed by atoms with van der Waals surface area (Å²) < 4.78 is 16.6. The van der Waals surface area contributed by atoms with Crippen LogP contribution < -0.4 is 10.1 Å². The Morgan fingerprint density at radius 3 is 2.86 bits per heavy atom. The molecular formula is C9H9ClFNO2. The van der Waals surface area contributed by atoms with Crippen molar-refractivity contribution in [3.8, 4) is 5.75 Å². The number of alkyl halides is 2. The van der Waals surface area contributed by atoms with Crippen molar-refractivity contribution >= 4 is 17.5 Å². The predicted octanol–water partition coefficient (Wildman–Crippen LogP) is 1.92. The summed E-state index contributed by atoms with van der Waals surface area (Å²) in [6.45, 7) is -0.967. The van der Waals surface area contributed by atoms with E-state index in [9.17, 15) is 9.18 Å². The second kappa shape index (κ2) is 5.44. The maximum atomic E-state index is 11.9. The lowest BCUT2D eigenvalue weighted by atomic mass is 10.2. The number of hydrogen-bond donors (Lipinski definition) is 1. The molecule has 0 aliphatic carbocycles. The topological polar surface area (TPSA) is 38.3 Å². The molecule has 1 amide bonds. The van der Waals surface area contributed by atoms with Gasteiger partial charge in [-0.1, -0.05) is 12.1 Å². The zero-order valence-electron chi connectivity index (χ0n) is 7.30. The van der Waals surface area contributed by atoms with Gasteiger partial charge in [0.05, 0.1) is 11.6 Å². The highest BCUT2D eigenvalue weighted by Crippen LogP contribution is 2.17. The molecule has 0 fully saturated rings. The minimum absolute atomic E-state index is 0.00277. The van der Waals surface area contributed by atoms with Crippen LogP contribution in [-0.4, -0.2) is 18.8 Å². The highest BCUT2D eigenvalue weighted by atomic mass is 35.5. The van der Waals surface area contributed by atoms with Crippen LogP contribution in [0.5, 0.6) is 5.75 Å². The van der Waals surface area contributed by atoms with Crippen LogP contribution in [0.4, 0.5) is 4.39 Å². The van der Waals surface area contributed by atoms with Crippen molar-refractivity contribution < 1.29 is 13.9 Å². The second-order valence-corrected chi connectivity index (χ2v) is 2.66. The summed E-state index contributed by atoms with van der Waals surface area (Å²) in [5.41, 5.74) is 0.269. The van der Waals surface area contributed by atoms with Crippen LogP contribution in [0.2, 0.25) is 0 Å². The molecule has 0 aliphatic heterocycles. The SMILES string of the molecule is O=C(NCCl)c1ccccc1OCF. The van der Waals surface area contributed by atoms with Crippen molar-refractivity contribution in [2.75, 3.05) is 12.9 Å². The van der Waals surface area contributed by atoms with E-state index in [-0.39, 0.29) is 23.2 Å².